The summed E-state index contributed by atoms with van der Waals surface area (Å²) in [6.45, 7) is -0.409. The fraction of sp³-hybridized carbons (Fsp3) is 0.583. The molecule has 0 saturated carbocycles. The smallest absolute Gasteiger partial charge is 0.181 e. The van der Waals surface area contributed by atoms with Crippen molar-refractivity contribution in [1.29, 1.82) is 0 Å². The number of halogens is 1. The van der Waals surface area contributed by atoms with Crippen molar-refractivity contribution >= 4 is 17.3 Å². The summed E-state index contributed by atoms with van der Waals surface area (Å²) in [7, 11) is 0. The van der Waals surface area contributed by atoms with E-state index >= 15 is 0 Å². The van der Waals surface area contributed by atoms with Crippen molar-refractivity contribution in [3.63, 3.8) is 0 Å². The topological polar surface area (TPSA) is 104 Å². The molecular formula is C12H15ClN2O5. The maximum absolute atomic E-state index is 10.2. The molecule has 2 fully saturated rings. The summed E-state index contributed by atoms with van der Waals surface area (Å²) in [6, 6.07) is 2.67. The van der Waals surface area contributed by atoms with Crippen LogP contribution < -0.4 is 5.32 Å². The highest BCUT2D eigenvalue weighted by molar-refractivity contribution is 6.31. The zero-order chi connectivity index (χ0) is 14.3. The fourth-order valence-electron chi connectivity index (χ4n) is 2.53. The van der Waals surface area contributed by atoms with Gasteiger partial charge in [0.15, 0.2) is 11.4 Å². The first-order valence-corrected chi connectivity index (χ1v) is 6.59. The van der Waals surface area contributed by atoms with Gasteiger partial charge in [-0.15, -0.1) is 0 Å². The van der Waals surface area contributed by atoms with Crippen LogP contribution in [-0.4, -0.2) is 63.7 Å². The summed E-state index contributed by atoms with van der Waals surface area (Å²) in [5, 5.41) is 32.9. The molecule has 1 aromatic heterocycles. The van der Waals surface area contributed by atoms with Gasteiger partial charge in [-0.05, 0) is 12.1 Å². The SMILES string of the molecule is OC[C@@]12CO[C@@H](O1)[C@H](Nc1cccnc1Cl)[C@@H](O)[C@H]2O. The molecule has 20 heavy (non-hydrogen) atoms. The average Bonchev–Trinajstić information content (AvgIpc) is 2.86. The second-order valence-corrected chi connectivity index (χ2v) is 5.33. The van der Waals surface area contributed by atoms with Crippen LogP contribution in [0.4, 0.5) is 5.69 Å². The van der Waals surface area contributed by atoms with Crippen LogP contribution in [0.5, 0.6) is 0 Å². The number of ether oxygens (including phenoxy) is 2. The summed E-state index contributed by atoms with van der Waals surface area (Å²) < 4.78 is 10.9. The number of pyridine rings is 1. The molecule has 0 amide bonds. The van der Waals surface area contributed by atoms with E-state index in [1.165, 1.54) is 0 Å². The Bertz CT molecular complexity index is 504. The number of nitrogens with one attached hydrogen (secondary N) is 1. The molecule has 0 spiro atoms. The van der Waals surface area contributed by atoms with Gasteiger partial charge in [-0.3, -0.25) is 0 Å². The van der Waals surface area contributed by atoms with Crippen molar-refractivity contribution in [2.24, 2.45) is 0 Å². The Kier molecular flexibility index (Phi) is 3.57. The van der Waals surface area contributed by atoms with Crippen molar-refractivity contribution in [1.82, 2.24) is 4.98 Å². The van der Waals surface area contributed by atoms with Crippen LogP contribution in [0.25, 0.3) is 0 Å². The van der Waals surface area contributed by atoms with Crippen LogP contribution in [-0.2, 0) is 9.47 Å². The number of aromatic nitrogens is 1. The second kappa shape index (κ2) is 5.10. The highest BCUT2D eigenvalue weighted by Gasteiger charge is 2.59. The Morgan fingerprint density at radius 2 is 2.30 bits per heavy atom. The van der Waals surface area contributed by atoms with Crippen molar-refractivity contribution < 1.29 is 24.8 Å². The standard InChI is InChI=1S/C12H15ClN2O5/c13-10-6(2-1-3-14-10)15-7-8(17)9(18)12(4-16)5-19-11(7)20-12/h1-3,7-9,11,15-18H,4-5H2/t7-,8-,9-,11+,12+/m1/s1. The number of rotatable bonds is 3. The molecule has 3 rings (SSSR count). The molecule has 7 nitrogen and oxygen atoms in total. The lowest BCUT2D eigenvalue weighted by Gasteiger charge is -2.42. The van der Waals surface area contributed by atoms with Crippen LogP contribution in [0, 0.1) is 0 Å². The molecule has 4 N–H and O–H groups in total. The molecule has 0 radical (unpaired) electrons. The van der Waals surface area contributed by atoms with E-state index in [4.69, 9.17) is 21.1 Å². The first kappa shape index (κ1) is 14.0. The highest BCUT2D eigenvalue weighted by Crippen LogP contribution is 2.38. The Labute approximate surface area is 120 Å². The number of aliphatic hydroxyl groups is 3. The van der Waals surface area contributed by atoms with Gasteiger partial charge in [0.25, 0.3) is 0 Å². The number of nitrogens with zero attached hydrogens (tertiary/aromatic N) is 1. The number of hydrogen-bond donors (Lipinski definition) is 4. The first-order valence-electron chi connectivity index (χ1n) is 6.21. The third-order valence-electron chi connectivity index (χ3n) is 3.72. The third-order valence-corrected chi connectivity index (χ3v) is 4.02. The third kappa shape index (κ3) is 2.07. The van der Waals surface area contributed by atoms with Crippen molar-refractivity contribution in [2.75, 3.05) is 18.5 Å². The van der Waals surface area contributed by atoms with Gasteiger partial charge in [-0.25, -0.2) is 4.98 Å². The minimum Gasteiger partial charge on any atom is -0.393 e. The van der Waals surface area contributed by atoms with Gasteiger partial charge in [0.05, 0.1) is 18.9 Å². The Hall–Kier alpha value is -0.960. The molecule has 8 heteroatoms. The predicted molar refractivity (Wildman–Crippen MR) is 69.3 cm³/mol. The molecule has 2 bridgehead atoms. The van der Waals surface area contributed by atoms with Crippen LogP contribution in [0.15, 0.2) is 18.3 Å². The van der Waals surface area contributed by atoms with Gasteiger partial charge in [-0.1, -0.05) is 11.6 Å². The molecule has 0 aliphatic carbocycles. The average molecular weight is 303 g/mol. The molecule has 0 aromatic carbocycles. The molecule has 2 aliphatic heterocycles. The van der Waals surface area contributed by atoms with Crippen LogP contribution in [0.2, 0.25) is 5.15 Å². The van der Waals surface area contributed by atoms with Crippen LogP contribution in [0.1, 0.15) is 0 Å². The highest BCUT2D eigenvalue weighted by atomic mass is 35.5. The van der Waals surface area contributed by atoms with E-state index in [0.29, 0.717) is 5.69 Å². The molecule has 2 saturated heterocycles. The molecule has 110 valence electrons. The Morgan fingerprint density at radius 1 is 1.50 bits per heavy atom. The van der Waals surface area contributed by atoms with E-state index in [0.717, 1.165) is 0 Å². The minimum atomic E-state index is -1.26. The Balaban J connectivity index is 1.83. The number of aliphatic hydroxyl groups excluding tert-OH is 3. The molecule has 5 atom stereocenters. The zero-order valence-corrected chi connectivity index (χ0v) is 11.2. The van der Waals surface area contributed by atoms with E-state index in [1.807, 2.05) is 0 Å². The predicted octanol–water partition coefficient (Wildman–Crippen LogP) is -0.645. The van der Waals surface area contributed by atoms with Gasteiger partial charge < -0.3 is 30.1 Å². The normalized spacial score (nSPS) is 39.8. The second-order valence-electron chi connectivity index (χ2n) is 4.97. The van der Waals surface area contributed by atoms with Gasteiger partial charge >= 0.3 is 0 Å². The van der Waals surface area contributed by atoms with E-state index in [9.17, 15) is 15.3 Å². The molecule has 1 aromatic rings. The van der Waals surface area contributed by atoms with E-state index in [1.54, 1.807) is 18.3 Å². The van der Waals surface area contributed by atoms with Gasteiger partial charge in [0.2, 0.25) is 0 Å². The number of fused-ring (bicyclic) bond motifs is 2. The van der Waals surface area contributed by atoms with Gasteiger partial charge in [-0.2, -0.15) is 0 Å². The maximum Gasteiger partial charge on any atom is 0.181 e. The quantitative estimate of drug-likeness (QED) is 0.550. The summed E-state index contributed by atoms with van der Waals surface area (Å²) in [6.07, 6.45) is -1.67. The fourth-order valence-corrected chi connectivity index (χ4v) is 2.70. The molecular weight excluding hydrogens is 288 g/mol. The number of hydrogen-bond acceptors (Lipinski definition) is 7. The zero-order valence-electron chi connectivity index (χ0n) is 10.4. The monoisotopic (exact) mass is 302 g/mol. The van der Waals surface area contributed by atoms with Crippen molar-refractivity contribution in [2.45, 2.75) is 30.1 Å². The van der Waals surface area contributed by atoms with Crippen molar-refractivity contribution in [3.8, 4) is 0 Å². The Morgan fingerprint density at radius 3 is 3.00 bits per heavy atom. The van der Waals surface area contributed by atoms with Crippen molar-refractivity contribution in [3.05, 3.63) is 23.5 Å². The molecule has 3 heterocycles. The minimum absolute atomic E-state index is 0.0192. The van der Waals surface area contributed by atoms with E-state index < -0.39 is 36.7 Å². The van der Waals surface area contributed by atoms with Crippen LogP contribution in [0.3, 0.4) is 0 Å². The maximum atomic E-state index is 10.2. The van der Waals surface area contributed by atoms with Crippen LogP contribution >= 0.6 is 11.6 Å². The molecule has 0 unspecified atom stereocenters. The summed E-state index contributed by atoms with van der Waals surface area (Å²) in [4.78, 5) is 3.92. The lowest BCUT2D eigenvalue weighted by molar-refractivity contribution is -0.224. The summed E-state index contributed by atoms with van der Waals surface area (Å²) in [5.74, 6) is 0. The largest absolute Gasteiger partial charge is 0.393 e. The molecule has 2 aliphatic rings. The van der Waals surface area contributed by atoms with E-state index in [-0.39, 0.29) is 11.8 Å². The van der Waals surface area contributed by atoms with Gasteiger partial charge in [0, 0.05) is 6.20 Å². The lowest BCUT2D eigenvalue weighted by atomic mass is 9.88. The number of anilines is 1. The van der Waals surface area contributed by atoms with E-state index in [2.05, 4.69) is 10.3 Å². The summed E-state index contributed by atoms with van der Waals surface area (Å²) >= 11 is 5.94. The summed E-state index contributed by atoms with van der Waals surface area (Å²) in [5.41, 5.74) is -0.762. The first-order chi connectivity index (χ1) is 9.57. The lowest BCUT2D eigenvalue weighted by Crippen LogP contribution is -2.64. The van der Waals surface area contributed by atoms with Gasteiger partial charge in [0.1, 0.15) is 23.9 Å².